The van der Waals surface area contributed by atoms with Gasteiger partial charge in [0.05, 0.1) is 19.4 Å². The number of aromatic nitrogens is 3. The van der Waals surface area contributed by atoms with Gasteiger partial charge in [-0.2, -0.15) is 9.40 Å². The zero-order valence-corrected chi connectivity index (χ0v) is 12.0. The monoisotopic (exact) mass is 290 g/mol. The molecule has 0 saturated carbocycles. The molecule has 0 aliphatic rings. The topological polar surface area (TPSA) is 105 Å². The molecule has 8 nitrogen and oxygen atoms in total. The van der Waals surface area contributed by atoms with E-state index < -0.39 is 16.0 Å². The third-order valence-electron chi connectivity index (χ3n) is 2.49. The second-order valence-corrected chi connectivity index (χ2v) is 6.28. The van der Waals surface area contributed by atoms with Crippen LogP contribution < -0.4 is 0 Å². The Morgan fingerprint density at radius 2 is 2.16 bits per heavy atom. The van der Waals surface area contributed by atoms with Gasteiger partial charge in [0, 0.05) is 13.5 Å². The van der Waals surface area contributed by atoms with E-state index in [1.165, 1.54) is 18.5 Å². The van der Waals surface area contributed by atoms with Gasteiger partial charge < -0.3 is 4.74 Å². The number of esters is 1. The van der Waals surface area contributed by atoms with Crippen molar-refractivity contribution in [2.45, 2.75) is 26.3 Å². The Morgan fingerprint density at radius 1 is 1.47 bits per heavy atom. The molecule has 0 radical (unpaired) electrons. The van der Waals surface area contributed by atoms with Crippen LogP contribution in [0.1, 0.15) is 24.5 Å². The van der Waals surface area contributed by atoms with Gasteiger partial charge in [0.1, 0.15) is 5.82 Å². The standard InChI is InChI=1S/C10H18N4O4S/c1-8-11-9(13-12-8)7-14(2)19(16,17)6-4-5-10(15)18-3/h4-7H2,1-3H3,(H,11,12,13). The van der Waals surface area contributed by atoms with Crippen molar-refractivity contribution < 1.29 is 17.9 Å². The Morgan fingerprint density at radius 3 is 2.68 bits per heavy atom. The number of H-pyrrole nitrogens is 1. The normalized spacial score (nSPS) is 11.8. The molecule has 1 aromatic heterocycles. The lowest BCUT2D eigenvalue weighted by Gasteiger charge is -2.14. The number of aryl methyl sites for hydroxylation is 1. The van der Waals surface area contributed by atoms with Gasteiger partial charge in [-0.15, -0.1) is 0 Å². The lowest BCUT2D eigenvalue weighted by Crippen LogP contribution is -2.29. The Kier molecular flexibility index (Phi) is 5.43. The quantitative estimate of drug-likeness (QED) is 0.699. The van der Waals surface area contributed by atoms with Gasteiger partial charge in [-0.25, -0.2) is 13.4 Å². The van der Waals surface area contributed by atoms with E-state index in [-0.39, 0.29) is 25.1 Å². The van der Waals surface area contributed by atoms with Crippen molar-refractivity contribution in [2.75, 3.05) is 19.9 Å². The zero-order valence-electron chi connectivity index (χ0n) is 11.2. The van der Waals surface area contributed by atoms with E-state index in [1.54, 1.807) is 6.92 Å². The predicted molar refractivity (Wildman–Crippen MR) is 67.6 cm³/mol. The van der Waals surface area contributed by atoms with Crippen LogP contribution >= 0.6 is 0 Å². The molecule has 0 amide bonds. The Labute approximate surface area is 112 Å². The number of carbonyl (C=O) groups excluding carboxylic acids is 1. The highest BCUT2D eigenvalue weighted by Gasteiger charge is 2.19. The van der Waals surface area contributed by atoms with Crippen molar-refractivity contribution in [3.05, 3.63) is 11.6 Å². The molecule has 9 heteroatoms. The number of carbonyl (C=O) groups is 1. The maximum atomic E-state index is 11.9. The molecule has 0 atom stereocenters. The first kappa shape index (κ1) is 15.6. The second-order valence-electron chi connectivity index (χ2n) is 4.09. The fraction of sp³-hybridized carbons (Fsp3) is 0.700. The summed E-state index contributed by atoms with van der Waals surface area (Å²) in [5.41, 5.74) is 0. The highest BCUT2D eigenvalue weighted by molar-refractivity contribution is 7.89. The molecule has 1 heterocycles. The maximum Gasteiger partial charge on any atom is 0.305 e. The van der Waals surface area contributed by atoms with Crippen LogP contribution in [0.15, 0.2) is 0 Å². The minimum Gasteiger partial charge on any atom is -0.469 e. The largest absolute Gasteiger partial charge is 0.469 e. The summed E-state index contributed by atoms with van der Waals surface area (Å²) in [5, 5.41) is 6.52. The fourth-order valence-electron chi connectivity index (χ4n) is 1.41. The molecule has 0 spiro atoms. The average Bonchev–Trinajstić information content (AvgIpc) is 2.74. The van der Waals surface area contributed by atoms with Gasteiger partial charge in [0.25, 0.3) is 0 Å². The second kappa shape index (κ2) is 6.62. The van der Waals surface area contributed by atoms with E-state index in [1.807, 2.05) is 0 Å². The molecule has 0 aliphatic carbocycles. The molecule has 0 aliphatic heterocycles. The smallest absolute Gasteiger partial charge is 0.305 e. The molecular weight excluding hydrogens is 272 g/mol. The summed E-state index contributed by atoms with van der Waals surface area (Å²) in [7, 11) is -0.692. The minimum absolute atomic E-state index is 0.0866. The Bertz CT molecular complexity index is 525. The maximum absolute atomic E-state index is 11.9. The van der Waals surface area contributed by atoms with Crippen LogP contribution in [0.3, 0.4) is 0 Å². The van der Waals surface area contributed by atoms with E-state index in [0.717, 1.165) is 0 Å². The molecule has 108 valence electrons. The summed E-state index contributed by atoms with van der Waals surface area (Å²) in [6.45, 7) is 1.84. The molecular formula is C10H18N4O4S. The summed E-state index contributed by atoms with van der Waals surface area (Å²) in [6, 6.07) is 0. The van der Waals surface area contributed by atoms with Crippen molar-refractivity contribution in [3.8, 4) is 0 Å². The van der Waals surface area contributed by atoms with Crippen molar-refractivity contribution >= 4 is 16.0 Å². The number of hydrogen-bond acceptors (Lipinski definition) is 6. The summed E-state index contributed by atoms with van der Waals surface area (Å²) in [6.07, 6.45) is 0.315. The number of ether oxygens (including phenoxy) is 1. The summed E-state index contributed by atoms with van der Waals surface area (Å²) in [4.78, 5) is 14.9. The average molecular weight is 290 g/mol. The Balaban J connectivity index is 2.49. The Hall–Kier alpha value is -1.48. The summed E-state index contributed by atoms with van der Waals surface area (Å²) < 4.78 is 29.5. The predicted octanol–water partition coefficient (Wildman–Crippen LogP) is -0.172. The van der Waals surface area contributed by atoms with Crippen LogP contribution in [0.2, 0.25) is 0 Å². The van der Waals surface area contributed by atoms with E-state index in [4.69, 9.17) is 0 Å². The first-order chi connectivity index (χ1) is 8.85. The van der Waals surface area contributed by atoms with Crippen molar-refractivity contribution in [2.24, 2.45) is 0 Å². The van der Waals surface area contributed by atoms with Crippen molar-refractivity contribution in [1.82, 2.24) is 19.5 Å². The number of hydrogen-bond donors (Lipinski definition) is 1. The van der Waals surface area contributed by atoms with Gasteiger partial charge in [-0.1, -0.05) is 0 Å². The molecule has 0 unspecified atom stereocenters. The van der Waals surface area contributed by atoms with E-state index in [9.17, 15) is 13.2 Å². The number of rotatable bonds is 7. The number of aromatic amines is 1. The first-order valence-corrected chi connectivity index (χ1v) is 7.35. The van der Waals surface area contributed by atoms with Crippen LogP contribution in [-0.2, 0) is 26.1 Å². The highest BCUT2D eigenvalue weighted by atomic mass is 32.2. The van der Waals surface area contributed by atoms with E-state index in [0.29, 0.717) is 11.6 Å². The van der Waals surface area contributed by atoms with Crippen LogP contribution in [0.4, 0.5) is 0 Å². The molecule has 0 aromatic carbocycles. The molecule has 1 rings (SSSR count). The molecule has 19 heavy (non-hydrogen) atoms. The number of nitrogens with zero attached hydrogens (tertiary/aromatic N) is 3. The SMILES string of the molecule is COC(=O)CCCS(=O)(=O)N(C)Cc1n[nH]c(C)n1. The molecule has 1 aromatic rings. The van der Waals surface area contributed by atoms with Crippen LogP contribution in [0.5, 0.6) is 0 Å². The summed E-state index contributed by atoms with van der Waals surface area (Å²) >= 11 is 0. The highest BCUT2D eigenvalue weighted by Crippen LogP contribution is 2.06. The fourth-order valence-corrected chi connectivity index (χ4v) is 2.55. The third kappa shape index (κ3) is 4.95. The lowest BCUT2D eigenvalue weighted by atomic mass is 10.3. The van der Waals surface area contributed by atoms with Gasteiger partial charge >= 0.3 is 5.97 Å². The molecule has 0 saturated heterocycles. The van der Waals surface area contributed by atoms with Crippen molar-refractivity contribution in [1.29, 1.82) is 0 Å². The zero-order chi connectivity index (χ0) is 14.5. The van der Waals surface area contributed by atoms with Gasteiger partial charge in [-0.05, 0) is 13.3 Å². The minimum atomic E-state index is -3.42. The first-order valence-electron chi connectivity index (χ1n) is 5.74. The molecule has 0 fully saturated rings. The molecule has 0 bridgehead atoms. The van der Waals surface area contributed by atoms with Crippen LogP contribution in [-0.4, -0.2) is 53.8 Å². The van der Waals surface area contributed by atoms with E-state index >= 15 is 0 Å². The molecule has 1 N–H and O–H groups in total. The number of methoxy groups -OCH3 is 1. The van der Waals surface area contributed by atoms with Gasteiger partial charge in [0.15, 0.2) is 5.82 Å². The van der Waals surface area contributed by atoms with E-state index in [2.05, 4.69) is 19.9 Å². The van der Waals surface area contributed by atoms with Crippen molar-refractivity contribution in [3.63, 3.8) is 0 Å². The number of nitrogens with one attached hydrogen (secondary N) is 1. The van der Waals surface area contributed by atoms with Crippen LogP contribution in [0, 0.1) is 6.92 Å². The third-order valence-corrected chi connectivity index (χ3v) is 4.38. The summed E-state index contributed by atoms with van der Waals surface area (Å²) in [5.74, 6) is 0.521. The van der Waals surface area contributed by atoms with Gasteiger partial charge in [0.2, 0.25) is 10.0 Å². The van der Waals surface area contributed by atoms with Crippen LogP contribution in [0.25, 0.3) is 0 Å². The van der Waals surface area contributed by atoms with Gasteiger partial charge in [-0.3, -0.25) is 9.89 Å². The lowest BCUT2D eigenvalue weighted by molar-refractivity contribution is -0.140. The number of sulfonamides is 1.